The van der Waals surface area contributed by atoms with Gasteiger partial charge in [0.2, 0.25) is 5.82 Å². The lowest BCUT2D eigenvalue weighted by Crippen LogP contribution is -2.47. The van der Waals surface area contributed by atoms with Crippen molar-refractivity contribution in [3.8, 4) is 5.75 Å². The first-order valence-electron chi connectivity index (χ1n) is 9.79. The molecule has 1 aliphatic rings. The van der Waals surface area contributed by atoms with E-state index in [1.54, 1.807) is 0 Å². The number of ether oxygens (including phenoxy) is 2. The number of methoxy groups -OCH3 is 1. The van der Waals surface area contributed by atoms with Crippen LogP contribution in [0.25, 0.3) is 0 Å². The van der Waals surface area contributed by atoms with E-state index in [0.717, 1.165) is 45.4 Å². The number of halogens is 5. The molecule has 0 radical (unpaired) electrons. The fraction of sp³-hybridized carbons (Fsp3) is 0.381. The molecular formula is C21H20F5N3O5. The molecule has 1 aliphatic heterocycles. The van der Waals surface area contributed by atoms with Crippen molar-refractivity contribution in [2.75, 3.05) is 7.11 Å². The predicted molar refractivity (Wildman–Crippen MR) is 105 cm³/mol. The highest BCUT2D eigenvalue weighted by atomic mass is 19.4. The van der Waals surface area contributed by atoms with Crippen LogP contribution >= 0.6 is 0 Å². The Balaban J connectivity index is 2.18. The zero-order chi connectivity index (χ0) is 25.6. The van der Waals surface area contributed by atoms with Gasteiger partial charge in [-0.1, -0.05) is 13.0 Å². The number of alkyl halides is 3. The summed E-state index contributed by atoms with van der Waals surface area (Å²) in [5.41, 5.74) is 1.61. The number of carbonyl (C=O) groups is 2. The summed E-state index contributed by atoms with van der Waals surface area (Å²) in [4.78, 5) is 28.1. The minimum absolute atomic E-state index is 0.211. The monoisotopic (exact) mass is 489 g/mol. The molecule has 1 aromatic carbocycles. The SMILES string of the molecule is COc1c([C@@H]2[C@@H](C(=O)N=c3ccn(O)c(C(N)=O)c3)O[C@](C)(C(F)(F)F)[C@H]2C)ccc(F)c1F. The number of rotatable bonds is 4. The molecular weight excluding hydrogens is 469 g/mol. The van der Waals surface area contributed by atoms with Crippen LogP contribution in [0, 0.1) is 17.6 Å². The molecule has 1 aromatic heterocycles. The van der Waals surface area contributed by atoms with Crippen molar-refractivity contribution in [1.82, 2.24) is 4.73 Å². The first kappa shape index (κ1) is 25.1. The zero-order valence-electron chi connectivity index (χ0n) is 18.1. The number of nitrogens with two attached hydrogens (primary N) is 1. The van der Waals surface area contributed by atoms with E-state index < -0.39 is 64.6 Å². The first-order valence-corrected chi connectivity index (χ1v) is 9.79. The molecule has 2 heterocycles. The predicted octanol–water partition coefficient (Wildman–Crippen LogP) is 2.68. The normalized spacial score (nSPS) is 25.4. The van der Waals surface area contributed by atoms with Crippen molar-refractivity contribution in [3.63, 3.8) is 0 Å². The smallest absolute Gasteiger partial charge is 0.417 e. The highest BCUT2D eigenvalue weighted by Crippen LogP contribution is 2.55. The summed E-state index contributed by atoms with van der Waals surface area (Å²) in [6.45, 7) is 1.90. The Kier molecular flexibility index (Phi) is 6.44. The second-order valence-corrected chi connectivity index (χ2v) is 7.87. The van der Waals surface area contributed by atoms with E-state index in [9.17, 15) is 36.7 Å². The molecule has 1 fully saturated rings. The van der Waals surface area contributed by atoms with Crippen molar-refractivity contribution in [1.29, 1.82) is 0 Å². The highest BCUT2D eigenvalue weighted by Gasteiger charge is 2.65. The Hall–Kier alpha value is -3.48. The van der Waals surface area contributed by atoms with Crippen molar-refractivity contribution < 1.29 is 46.2 Å². The van der Waals surface area contributed by atoms with Crippen LogP contribution in [0.4, 0.5) is 22.0 Å². The number of primary amides is 1. The van der Waals surface area contributed by atoms with E-state index in [-0.39, 0.29) is 10.9 Å². The topological polar surface area (TPSA) is 116 Å². The molecule has 13 heteroatoms. The summed E-state index contributed by atoms with van der Waals surface area (Å²) < 4.78 is 80.4. The maximum Gasteiger partial charge on any atom is 0.417 e. The van der Waals surface area contributed by atoms with Crippen LogP contribution in [0.2, 0.25) is 0 Å². The largest absolute Gasteiger partial charge is 0.493 e. The molecule has 2 amide bonds. The third kappa shape index (κ3) is 4.11. The number of pyridine rings is 1. The lowest BCUT2D eigenvalue weighted by Gasteiger charge is -2.32. The Bertz CT molecular complexity index is 1210. The number of amides is 2. The van der Waals surface area contributed by atoms with Crippen LogP contribution in [0.3, 0.4) is 0 Å². The number of nitrogens with zero attached hydrogens (tertiary/aromatic N) is 2. The summed E-state index contributed by atoms with van der Waals surface area (Å²) >= 11 is 0. The average Bonchev–Trinajstić information content (AvgIpc) is 3.03. The maximum atomic E-state index is 14.4. The van der Waals surface area contributed by atoms with E-state index in [4.69, 9.17) is 15.2 Å². The molecule has 0 bridgehead atoms. The number of carbonyl (C=O) groups excluding carboxylic acids is 2. The molecule has 0 aliphatic carbocycles. The van der Waals surface area contributed by atoms with Crippen molar-refractivity contribution >= 4 is 11.8 Å². The number of hydrogen-bond acceptors (Lipinski definition) is 5. The van der Waals surface area contributed by atoms with Crippen LogP contribution in [-0.4, -0.2) is 46.7 Å². The van der Waals surface area contributed by atoms with Gasteiger partial charge in [-0.3, -0.25) is 9.59 Å². The Labute approximate surface area is 189 Å². The first-order chi connectivity index (χ1) is 15.7. The molecule has 1 saturated heterocycles. The Morgan fingerprint density at radius 3 is 2.47 bits per heavy atom. The third-order valence-electron chi connectivity index (χ3n) is 5.97. The van der Waals surface area contributed by atoms with Gasteiger partial charge in [-0.15, -0.1) is 0 Å². The van der Waals surface area contributed by atoms with Crippen LogP contribution < -0.4 is 15.8 Å². The summed E-state index contributed by atoms with van der Waals surface area (Å²) in [6.07, 6.45) is -5.86. The fourth-order valence-corrected chi connectivity index (χ4v) is 3.95. The minimum Gasteiger partial charge on any atom is -0.493 e. The molecule has 0 saturated carbocycles. The summed E-state index contributed by atoms with van der Waals surface area (Å²) in [7, 11) is 1.01. The quantitative estimate of drug-likeness (QED) is 0.506. The van der Waals surface area contributed by atoms with Gasteiger partial charge in [-0.25, -0.2) is 9.38 Å². The van der Waals surface area contributed by atoms with Crippen molar-refractivity contribution in [2.45, 2.75) is 37.6 Å². The van der Waals surface area contributed by atoms with E-state index in [1.165, 1.54) is 0 Å². The van der Waals surface area contributed by atoms with Gasteiger partial charge in [0.15, 0.2) is 17.2 Å². The van der Waals surface area contributed by atoms with Gasteiger partial charge in [-0.2, -0.15) is 22.3 Å². The molecule has 34 heavy (non-hydrogen) atoms. The third-order valence-corrected chi connectivity index (χ3v) is 5.97. The van der Waals surface area contributed by atoms with E-state index >= 15 is 0 Å². The molecule has 184 valence electrons. The van der Waals surface area contributed by atoms with Gasteiger partial charge >= 0.3 is 6.18 Å². The van der Waals surface area contributed by atoms with Crippen LogP contribution in [0.5, 0.6) is 5.75 Å². The van der Waals surface area contributed by atoms with E-state index in [0.29, 0.717) is 10.8 Å². The second-order valence-electron chi connectivity index (χ2n) is 7.87. The van der Waals surface area contributed by atoms with Crippen LogP contribution in [0.15, 0.2) is 35.5 Å². The van der Waals surface area contributed by atoms with Gasteiger partial charge in [0.05, 0.1) is 12.5 Å². The van der Waals surface area contributed by atoms with Crippen molar-refractivity contribution in [3.05, 3.63) is 58.7 Å². The maximum absolute atomic E-state index is 14.4. The second kappa shape index (κ2) is 8.70. The van der Waals surface area contributed by atoms with Crippen LogP contribution in [-0.2, 0) is 9.53 Å². The zero-order valence-corrected chi connectivity index (χ0v) is 18.1. The Morgan fingerprint density at radius 2 is 1.91 bits per heavy atom. The van der Waals surface area contributed by atoms with Gasteiger partial charge in [-0.05, 0) is 25.1 Å². The van der Waals surface area contributed by atoms with Gasteiger partial charge in [0.1, 0.15) is 11.8 Å². The van der Waals surface area contributed by atoms with E-state index in [2.05, 4.69) is 4.99 Å². The lowest BCUT2D eigenvalue weighted by atomic mass is 9.77. The number of aromatic nitrogens is 1. The van der Waals surface area contributed by atoms with Gasteiger partial charge in [0.25, 0.3) is 11.8 Å². The van der Waals surface area contributed by atoms with Gasteiger partial charge < -0.3 is 20.4 Å². The lowest BCUT2D eigenvalue weighted by molar-refractivity contribution is -0.272. The minimum atomic E-state index is -4.93. The Morgan fingerprint density at radius 1 is 1.26 bits per heavy atom. The molecule has 4 atom stereocenters. The number of benzene rings is 1. The summed E-state index contributed by atoms with van der Waals surface area (Å²) in [6, 6.07) is 3.76. The molecule has 2 aromatic rings. The molecule has 8 nitrogen and oxygen atoms in total. The average molecular weight is 489 g/mol. The molecule has 3 rings (SSSR count). The number of hydrogen-bond donors (Lipinski definition) is 2. The highest BCUT2D eigenvalue weighted by molar-refractivity contribution is 5.91. The van der Waals surface area contributed by atoms with Crippen molar-refractivity contribution in [2.24, 2.45) is 16.6 Å². The fourth-order valence-electron chi connectivity index (χ4n) is 3.95. The standard InChI is InChI=1S/C21H20F5N3O5/c1-9-14(11-4-5-12(22)15(23)16(11)33-3)17(34-20(9,2)21(24,25)26)19(31)28-10-6-7-29(32)13(8-10)18(27)30/h4-9,14,17,32H,1-3H3,(H2,27,30)/t9-,14+,17-,20-/m0/s1. The molecule has 3 N–H and O–H groups in total. The summed E-state index contributed by atoms with van der Waals surface area (Å²) in [5, 5.41) is 9.39. The van der Waals surface area contributed by atoms with Crippen LogP contribution in [0.1, 0.15) is 35.8 Å². The molecule has 0 unspecified atom stereocenters. The summed E-state index contributed by atoms with van der Waals surface area (Å²) in [5.74, 6) is -8.53. The van der Waals surface area contributed by atoms with E-state index in [1.807, 2.05) is 0 Å². The van der Waals surface area contributed by atoms with Gasteiger partial charge in [0, 0.05) is 23.6 Å². The molecule has 0 spiro atoms.